The van der Waals surface area contributed by atoms with Gasteiger partial charge in [0, 0.05) is 18.1 Å². The lowest BCUT2D eigenvalue weighted by atomic mass is 9.87. The van der Waals surface area contributed by atoms with Crippen molar-refractivity contribution in [2.45, 2.75) is 90.1 Å². The minimum Gasteiger partial charge on any atom is -0.329 e. The molecule has 2 heteroatoms. The Hall–Kier alpha value is -0.0800. The van der Waals surface area contributed by atoms with Crippen LogP contribution in [-0.2, 0) is 0 Å². The van der Waals surface area contributed by atoms with Gasteiger partial charge < -0.3 is 11.1 Å². The second kappa shape index (κ2) is 6.13. The smallest absolute Gasteiger partial charge is 0.0306 e. The monoisotopic (exact) mass is 266 g/mol. The lowest BCUT2D eigenvalue weighted by Gasteiger charge is -2.36. The van der Waals surface area contributed by atoms with Crippen molar-refractivity contribution in [1.82, 2.24) is 5.32 Å². The first kappa shape index (κ1) is 15.3. The van der Waals surface area contributed by atoms with Crippen molar-refractivity contribution in [3.63, 3.8) is 0 Å². The summed E-state index contributed by atoms with van der Waals surface area (Å²) in [6, 6.07) is 0.705. The Balaban J connectivity index is 1.94. The van der Waals surface area contributed by atoms with Crippen LogP contribution in [0.5, 0.6) is 0 Å². The molecule has 0 amide bonds. The zero-order valence-corrected chi connectivity index (χ0v) is 13.3. The van der Waals surface area contributed by atoms with E-state index < -0.39 is 0 Å². The van der Waals surface area contributed by atoms with E-state index in [1.807, 2.05) is 0 Å². The van der Waals surface area contributed by atoms with Crippen molar-refractivity contribution >= 4 is 0 Å². The highest BCUT2D eigenvalue weighted by atomic mass is 15.0. The molecule has 0 aromatic carbocycles. The molecule has 2 aliphatic rings. The molecule has 3 unspecified atom stereocenters. The van der Waals surface area contributed by atoms with Gasteiger partial charge in [-0.2, -0.15) is 0 Å². The molecule has 0 radical (unpaired) electrons. The molecule has 2 aliphatic carbocycles. The van der Waals surface area contributed by atoms with E-state index in [9.17, 15) is 0 Å². The first-order valence-corrected chi connectivity index (χ1v) is 8.46. The van der Waals surface area contributed by atoms with Crippen LogP contribution < -0.4 is 11.1 Å². The van der Waals surface area contributed by atoms with Crippen LogP contribution in [0.2, 0.25) is 0 Å². The maximum atomic E-state index is 6.18. The summed E-state index contributed by atoms with van der Waals surface area (Å²) in [5.74, 6) is 0.940. The minimum atomic E-state index is 0.245. The van der Waals surface area contributed by atoms with Gasteiger partial charge in [0.15, 0.2) is 0 Å². The Morgan fingerprint density at radius 1 is 1.11 bits per heavy atom. The fourth-order valence-corrected chi connectivity index (χ4v) is 4.29. The first-order chi connectivity index (χ1) is 8.99. The van der Waals surface area contributed by atoms with Crippen LogP contribution >= 0.6 is 0 Å². The van der Waals surface area contributed by atoms with Gasteiger partial charge in [0.25, 0.3) is 0 Å². The van der Waals surface area contributed by atoms with E-state index in [1.54, 1.807) is 0 Å². The predicted octanol–water partition coefficient (Wildman–Crippen LogP) is 3.84. The average Bonchev–Trinajstić information content (AvgIpc) is 2.61. The van der Waals surface area contributed by atoms with Gasteiger partial charge in [0.1, 0.15) is 0 Å². The molecule has 0 aliphatic heterocycles. The van der Waals surface area contributed by atoms with Gasteiger partial charge in [-0.3, -0.25) is 0 Å². The second-order valence-electron chi connectivity index (χ2n) is 7.94. The van der Waals surface area contributed by atoms with E-state index in [0.29, 0.717) is 11.5 Å². The SMILES string of the molecule is CCC1CCCC(CN)(NC2CCC(C)(C)C2)CC1. The highest BCUT2D eigenvalue weighted by molar-refractivity contribution is 4.97. The fourth-order valence-electron chi connectivity index (χ4n) is 4.29. The van der Waals surface area contributed by atoms with Crippen molar-refractivity contribution in [2.24, 2.45) is 17.1 Å². The molecule has 2 nitrogen and oxygen atoms in total. The minimum absolute atomic E-state index is 0.245. The molecule has 2 saturated carbocycles. The molecule has 2 fully saturated rings. The molecule has 3 atom stereocenters. The van der Waals surface area contributed by atoms with Crippen LogP contribution in [0.15, 0.2) is 0 Å². The summed E-state index contributed by atoms with van der Waals surface area (Å²) < 4.78 is 0. The quantitative estimate of drug-likeness (QED) is 0.759. The third-order valence-electron chi connectivity index (χ3n) is 5.75. The number of nitrogens with two attached hydrogens (primary N) is 1. The van der Waals surface area contributed by atoms with Gasteiger partial charge in [-0.25, -0.2) is 0 Å². The highest BCUT2D eigenvalue weighted by Crippen LogP contribution is 2.39. The van der Waals surface area contributed by atoms with Crippen molar-refractivity contribution in [3.8, 4) is 0 Å². The second-order valence-corrected chi connectivity index (χ2v) is 7.94. The Morgan fingerprint density at radius 2 is 1.89 bits per heavy atom. The maximum absolute atomic E-state index is 6.18. The normalized spacial score (nSPS) is 39.2. The van der Waals surface area contributed by atoms with E-state index in [1.165, 1.54) is 57.8 Å². The zero-order valence-electron chi connectivity index (χ0n) is 13.3. The number of rotatable bonds is 4. The molecule has 0 bridgehead atoms. The summed E-state index contributed by atoms with van der Waals surface area (Å²) in [5.41, 5.74) is 6.95. The summed E-state index contributed by atoms with van der Waals surface area (Å²) in [6.45, 7) is 7.97. The van der Waals surface area contributed by atoms with Crippen LogP contribution in [0.1, 0.15) is 78.6 Å². The lowest BCUT2D eigenvalue weighted by Crippen LogP contribution is -2.54. The van der Waals surface area contributed by atoms with Gasteiger partial charge in [0.2, 0.25) is 0 Å². The van der Waals surface area contributed by atoms with E-state index in [0.717, 1.165) is 12.5 Å². The van der Waals surface area contributed by atoms with E-state index in [-0.39, 0.29) is 5.54 Å². The molecular formula is C17H34N2. The van der Waals surface area contributed by atoms with Gasteiger partial charge >= 0.3 is 0 Å². The third kappa shape index (κ3) is 3.95. The van der Waals surface area contributed by atoms with Crippen LogP contribution in [0.4, 0.5) is 0 Å². The van der Waals surface area contributed by atoms with Crippen LogP contribution in [-0.4, -0.2) is 18.1 Å². The first-order valence-electron chi connectivity index (χ1n) is 8.46. The molecule has 0 saturated heterocycles. The summed E-state index contributed by atoms with van der Waals surface area (Å²) in [6.07, 6.45) is 12.1. The summed E-state index contributed by atoms with van der Waals surface area (Å²) in [4.78, 5) is 0. The van der Waals surface area contributed by atoms with Gasteiger partial charge in [-0.1, -0.05) is 40.0 Å². The predicted molar refractivity (Wildman–Crippen MR) is 83.2 cm³/mol. The number of hydrogen-bond acceptors (Lipinski definition) is 2. The molecule has 3 N–H and O–H groups in total. The fraction of sp³-hybridized carbons (Fsp3) is 1.00. The molecule has 0 aromatic rings. The van der Waals surface area contributed by atoms with Gasteiger partial charge in [0.05, 0.1) is 0 Å². The molecule has 2 rings (SSSR count). The van der Waals surface area contributed by atoms with E-state index >= 15 is 0 Å². The highest BCUT2D eigenvalue weighted by Gasteiger charge is 2.38. The molecule has 0 aromatic heterocycles. The largest absolute Gasteiger partial charge is 0.329 e. The average molecular weight is 266 g/mol. The van der Waals surface area contributed by atoms with Crippen LogP contribution in [0.25, 0.3) is 0 Å². The topological polar surface area (TPSA) is 38.0 Å². The Labute approximate surface area is 119 Å². The standard InChI is InChI=1S/C17H34N2/c1-4-14-6-5-9-17(13-18,11-7-14)19-15-8-10-16(2,3)12-15/h14-15,19H,4-13,18H2,1-3H3. The van der Waals surface area contributed by atoms with E-state index in [4.69, 9.17) is 5.73 Å². The van der Waals surface area contributed by atoms with Gasteiger partial charge in [-0.15, -0.1) is 0 Å². The summed E-state index contributed by atoms with van der Waals surface area (Å²) in [7, 11) is 0. The van der Waals surface area contributed by atoms with Crippen molar-refractivity contribution in [1.29, 1.82) is 0 Å². The zero-order chi connectivity index (χ0) is 13.9. The molecule has 0 heterocycles. The molecule has 19 heavy (non-hydrogen) atoms. The molecule has 112 valence electrons. The van der Waals surface area contributed by atoms with Gasteiger partial charge in [-0.05, 0) is 49.9 Å². The Bertz CT molecular complexity index is 287. The third-order valence-corrected chi connectivity index (χ3v) is 5.75. The van der Waals surface area contributed by atoms with Crippen molar-refractivity contribution in [2.75, 3.05) is 6.54 Å². The summed E-state index contributed by atoms with van der Waals surface area (Å²) >= 11 is 0. The van der Waals surface area contributed by atoms with Crippen LogP contribution in [0, 0.1) is 11.3 Å². The van der Waals surface area contributed by atoms with Crippen LogP contribution in [0.3, 0.4) is 0 Å². The Morgan fingerprint density at radius 3 is 2.47 bits per heavy atom. The molecular weight excluding hydrogens is 232 g/mol. The number of hydrogen-bond donors (Lipinski definition) is 2. The summed E-state index contributed by atoms with van der Waals surface area (Å²) in [5, 5.41) is 4.00. The number of nitrogens with one attached hydrogen (secondary N) is 1. The van der Waals surface area contributed by atoms with E-state index in [2.05, 4.69) is 26.1 Å². The van der Waals surface area contributed by atoms with Crippen molar-refractivity contribution in [3.05, 3.63) is 0 Å². The van der Waals surface area contributed by atoms with Crippen molar-refractivity contribution < 1.29 is 0 Å². The Kier molecular flexibility index (Phi) is 4.94. The molecule has 0 spiro atoms. The lowest BCUT2D eigenvalue weighted by molar-refractivity contribution is 0.245. The maximum Gasteiger partial charge on any atom is 0.0306 e.